The molecule has 0 spiro atoms. The van der Waals surface area contributed by atoms with Crippen molar-refractivity contribution >= 4 is 44.9 Å². The number of amides is 3. The summed E-state index contributed by atoms with van der Waals surface area (Å²) in [7, 11) is -5.89. The summed E-state index contributed by atoms with van der Waals surface area (Å²) >= 11 is 1.16. The number of aromatic nitrogens is 1. The number of hydrogen-bond donors (Lipinski definition) is 3. The van der Waals surface area contributed by atoms with E-state index in [1.165, 1.54) is 31.7 Å². The fourth-order valence-electron chi connectivity index (χ4n) is 6.00. The van der Waals surface area contributed by atoms with E-state index in [0.717, 1.165) is 16.2 Å². The second-order valence-electron chi connectivity index (χ2n) is 12.9. The van der Waals surface area contributed by atoms with Crippen LogP contribution in [0, 0.1) is 28.6 Å². The summed E-state index contributed by atoms with van der Waals surface area (Å²) in [5, 5.41) is 7.27. The summed E-state index contributed by atoms with van der Waals surface area (Å²) in [5.41, 5.74) is -7.33. The van der Waals surface area contributed by atoms with Crippen LogP contribution < -0.4 is 20.1 Å². The zero-order chi connectivity index (χ0) is 32.1. The van der Waals surface area contributed by atoms with Gasteiger partial charge in [-0.1, -0.05) is 46.0 Å². The molecule has 2 aliphatic heterocycles. The highest BCUT2D eigenvalue weighted by molar-refractivity contribution is 7.90. The maximum atomic E-state index is 13.9. The highest BCUT2D eigenvalue weighted by Crippen LogP contribution is 2.65. The Morgan fingerprint density at radius 3 is 2.47 bits per heavy atom. The van der Waals surface area contributed by atoms with Gasteiger partial charge >= 0.3 is 15.5 Å². The lowest BCUT2D eigenvalue weighted by molar-refractivity contribution is -0.144. The largest absolute Gasteiger partial charge is 0.511 e. The molecule has 1 saturated carbocycles. The van der Waals surface area contributed by atoms with Crippen molar-refractivity contribution < 1.29 is 45.5 Å². The van der Waals surface area contributed by atoms with Crippen LogP contribution in [-0.4, -0.2) is 85.1 Å². The van der Waals surface area contributed by atoms with Crippen molar-refractivity contribution in [1.82, 2.24) is 25.2 Å². The van der Waals surface area contributed by atoms with Gasteiger partial charge in [0.25, 0.3) is 5.19 Å². The zero-order valence-corrected chi connectivity index (χ0v) is 26.0. The zero-order valence-electron chi connectivity index (χ0n) is 24.4. The SMILES string of the molecule is CC(C)(C)[C@H](NS(=O)(=O)C(F)(F)F)C(=O)N1C[C@H]2[C@@H]([C@H]1C(=O)N[C@@H](C[C@@H]1CCNC1=O)C(=O)COc1nccs1)C2(C)C. The maximum Gasteiger partial charge on any atom is 0.511 e. The van der Waals surface area contributed by atoms with Gasteiger partial charge in [-0.3, -0.25) is 19.2 Å². The van der Waals surface area contributed by atoms with E-state index >= 15 is 0 Å². The molecule has 6 atom stereocenters. The van der Waals surface area contributed by atoms with Crippen molar-refractivity contribution in [2.24, 2.45) is 28.6 Å². The van der Waals surface area contributed by atoms with Gasteiger partial charge in [-0.25, -0.2) is 13.4 Å². The minimum Gasteiger partial charge on any atom is -0.462 e. The lowest BCUT2D eigenvalue weighted by Gasteiger charge is -2.37. The highest BCUT2D eigenvalue weighted by atomic mass is 32.2. The van der Waals surface area contributed by atoms with Crippen LogP contribution in [0.15, 0.2) is 11.6 Å². The molecule has 0 bridgehead atoms. The minimum atomic E-state index is -5.89. The van der Waals surface area contributed by atoms with E-state index in [0.29, 0.717) is 13.0 Å². The lowest BCUT2D eigenvalue weighted by Crippen LogP contribution is -2.61. The van der Waals surface area contributed by atoms with Gasteiger partial charge in [0.2, 0.25) is 17.7 Å². The average molecular weight is 652 g/mol. The molecule has 17 heteroatoms. The highest BCUT2D eigenvalue weighted by Gasteiger charge is 2.70. The predicted molar refractivity (Wildman–Crippen MR) is 148 cm³/mol. The summed E-state index contributed by atoms with van der Waals surface area (Å²) in [6.07, 6.45) is 1.92. The molecule has 240 valence electrons. The van der Waals surface area contributed by atoms with Crippen LogP contribution in [0.5, 0.6) is 5.19 Å². The van der Waals surface area contributed by atoms with E-state index in [1.54, 1.807) is 5.38 Å². The van der Waals surface area contributed by atoms with Crippen molar-refractivity contribution in [1.29, 1.82) is 0 Å². The Morgan fingerprint density at radius 2 is 1.93 bits per heavy atom. The van der Waals surface area contributed by atoms with Crippen LogP contribution >= 0.6 is 11.3 Å². The van der Waals surface area contributed by atoms with Crippen LogP contribution in [0.2, 0.25) is 0 Å². The van der Waals surface area contributed by atoms with Gasteiger partial charge in [0, 0.05) is 30.6 Å². The number of carbonyl (C=O) groups excluding carboxylic acids is 4. The van der Waals surface area contributed by atoms with Gasteiger partial charge in [0.15, 0.2) is 12.4 Å². The predicted octanol–water partition coefficient (Wildman–Crippen LogP) is 1.44. The summed E-state index contributed by atoms with van der Waals surface area (Å²) in [6.45, 7) is 8.01. The van der Waals surface area contributed by atoms with Gasteiger partial charge in [0.1, 0.15) is 12.1 Å². The van der Waals surface area contributed by atoms with Crippen molar-refractivity contribution in [3.05, 3.63) is 11.6 Å². The van der Waals surface area contributed by atoms with E-state index < -0.39 is 69.2 Å². The molecule has 3 heterocycles. The third-order valence-corrected chi connectivity index (χ3v) is 10.4. The van der Waals surface area contributed by atoms with Gasteiger partial charge < -0.3 is 20.3 Å². The standard InChI is InChI=1S/C26H36F3N5O7S2/c1-24(2,3)19(33-43(39,40)26(27,28)29)22(38)34-11-14-17(25(14,4)5)18(34)21(37)32-15(10-13-6-7-30-20(13)36)16(35)12-41-23-31-8-9-42-23/h8-9,13-15,17-19,33H,6-7,10-12H2,1-5H3,(H,30,36)(H,32,37)/t13-,14-,15-,17-,18-,19+/m0/s1. The van der Waals surface area contributed by atoms with Crippen molar-refractivity contribution in [2.45, 2.75) is 71.1 Å². The van der Waals surface area contributed by atoms with Crippen LogP contribution in [-0.2, 0) is 29.2 Å². The van der Waals surface area contributed by atoms with E-state index in [9.17, 15) is 40.8 Å². The molecule has 0 aromatic carbocycles. The Bertz CT molecular complexity index is 1360. The van der Waals surface area contributed by atoms with Crippen LogP contribution in [0.3, 0.4) is 0 Å². The Labute approximate surface area is 251 Å². The van der Waals surface area contributed by atoms with Crippen LogP contribution in [0.1, 0.15) is 47.5 Å². The Morgan fingerprint density at radius 1 is 1.26 bits per heavy atom. The number of ether oxygens (including phenoxy) is 1. The monoisotopic (exact) mass is 651 g/mol. The molecule has 3 N–H and O–H groups in total. The minimum absolute atomic E-state index is 0.0196. The van der Waals surface area contributed by atoms with Gasteiger partial charge in [-0.2, -0.15) is 17.9 Å². The first-order chi connectivity index (χ1) is 19.8. The number of nitrogens with one attached hydrogen (secondary N) is 3. The van der Waals surface area contributed by atoms with Crippen molar-refractivity contribution in [2.75, 3.05) is 19.7 Å². The number of thiazole rings is 1. The van der Waals surface area contributed by atoms with E-state index in [2.05, 4.69) is 15.6 Å². The number of carbonyl (C=O) groups is 4. The number of fused-ring (bicyclic) bond motifs is 1. The molecule has 1 aliphatic carbocycles. The molecule has 3 aliphatic rings. The molecular formula is C26H36F3N5O7S2. The molecule has 4 rings (SSSR count). The second-order valence-corrected chi connectivity index (χ2v) is 15.4. The molecule has 3 fully saturated rings. The number of likely N-dealkylation sites (tertiary alicyclic amines) is 1. The van der Waals surface area contributed by atoms with Crippen molar-refractivity contribution in [3.63, 3.8) is 0 Å². The topological polar surface area (TPSA) is 164 Å². The maximum absolute atomic E-state index is 13.9. The van der Waals surface area contributed by atoms with Crippen LogP contribution in [0.4, 0.5) is 13.2 Å². The summed E-state index contributed by atoms with van der Waals surface area (Å²) < 4.78 is 70.7. The fourth-order valence-corrected chi connectivity index (χ4v) is 7.38. The number of nitrogens with zero attached hydrogens (tertiary/aromatic N) is 2. The van der Waals surface area contributed by atoms with E-state index in [1.807, 2.05) is 13.8 Å². The van der Waals surface area contributed by atoms with Gasteiger partial charge in [-0.15, -0.1) is 0 Å². The molecule has 0 radical (unpaired) electrons. The normalized spacial score (nSPS) is 26.3. The Balaban J connectivity index is 1.58. The van der Waals surface area contributed by atoms with E-state index in [-0.39, 0.29) is 41.3 Å². The van der Waals surface area contributed by atoms with Gasteiger partial charge in [-0.05, 0) is 35.5 Å². The average Bonchev–Trinajstić information content (AvgIpc) is 3.45. The first kappa shape index (κ1) is 33.1. The van der Waals surface area contributed by atoms with Crippen molar-refractivity contribution in [3.8, 4) is 5.19 Å². The molecular weight excluding hydrogens is 615 g/mol. The number of halogens is 3. The number of ketones is 1. The molecule has 12 nitrogen and oxygen atoms in total. The molecule has 1 aromatic heterocycles. The number of Topliss-reactive ketones (excluding diaryl/α,β-unsaturated/α-hetero) is 1. The molecule has 3 amide bonds. The Kier molecular flexibility index (Phi) is 8.94. The fraction of sp³-hybridized carbons (Fsp3) is 0.731. The van der Waals surface area contributed by atoms with Gasteiger partial charge in [0.05, 0.1) is 6.04 Å². The number of sulfonamides is 1. The first-order valence-electron chi connectivity index (χ1n) is 13.8. The number of hydrogen-bond acceptors (Lipinski definition) is 9. The number of piperidine rings is 1. The number of rotatable bonds is 11. The third-order valence-electron chi connectivity index (χ3n) is 8.59. The number of alkyl halides is 3. The second kappa shape index (κ2) is 11.6. The van der Waals surface area contributed by atoms with Crippen LogP contribution in [0.25, 0.3) is 0 Å². The lowest BCUT2D eigenvalue weighted by atomic mass is 9.86. The molecule has 1 aromatic rings. The summed E-state index contributed by atoms with van der Waals surface area (Å²) in [6, 6.07) is -4.18. The first-order valence-corrected chi connectivity index (χ1v) is 16.1. The summed E-state index contributed by atoms with van der Waals surface area (Å²) in [5.74, 6) is -3.60. The smallest absolute Gasteiger partial charge is 0.462 e. The molecule has 0 unspecified atom stereocenters. The quantitative estimate of drug-likeness (QED) is 0.324. The Hall–Kier alpha value is -2.79. The molecule has 43 heavy (non-hydrogen) atoms. The summed E-state index contributed by atoms with van der Waals surface area (Å²) in [4.78, 5) is 58.3. The molecule has 2 saturated heterocycles. The van der Waals surface area contributed by atoms with E-state index in [4.69, 9.17) is 4.74 Å². The third kappa shape index (κ3) is 6.82.